The molecule has 2 atom stereocenters. The zero-order valence-corrected chi connectivity index (χ0v) is 15.6. The first-order valence-corrected chi connectivity index (χ1v) is 8.96. The largest absolute Gasteiger partial charge is 0.508 e. The Labute approximate surface area is 163 Å². The molecule has 28 heavy (non-hydrogen) atoms. The van der Waals surface area contributed by atoms with Gasteiger partial charge in [0.1, 0.15) is 22.8 Å². The van der Waals surface area contributed by atoms with Crippen LogP contribution in [0.3, 0.4) is 0 Å². The molecule has 0 heterocycles. The monoisotopic (exact) mass is 378 g/mol. The Morgan fingerprint density at radius 1 is 0.714 bits per heavy atom. The Bertz CT molecular complexity index is 991. The molecule has 0 aliphatic heterocycles. The Kier molecular flexibility index (Phi) is 5.27. The molecule has 5 heteroatoms. The number of aromatic carboxylic acids is 1. The van der Waals surface area contributed by atoms with Gasteiger partial charge >= 0.3 is 5.97 Å². The number of phenolic OH excluding ortho intramolecular Hbond substituents is 2. The molecule has 0 aliphatic rings. The van der Waals surface area contributed by atoms with Crippen LogP contribution in [-0.4, -0.2) is 26.4 Å². The molecule has 0 amide bonds. The molecule has 2 unspecified atom stereocenters. The van der Waals surface area contributed by atoms with Crippen molar-refractivity contribution in [2.45, 2.75) is 25.7 Å². The number of phenols is 3. The number of rotatable bonds is 5. The first-order chi connectivity index (χ1) is 13.3. The third kappa shape index (κ3) is 3.78. The number of hydrogen-bond acceptors (Lipinski definition) is 4. The normalized spacial score (nSPS) is 13.1. The molecule has 0 aliphatic carbocycles. The number of aromatic hydroxyl groups is 3. The van der Waals surface area contributed by atoms with E-state index in [1.54, 1.807) is 48.5 Å². The minimum absolute atomic E-state index is 0.134. The summed E-state index contributed by atoms with van der Waals surface area (Å²) >= 11 is 0. The molecule has 4 N–H and O–H groups in total. The van der Waals surface area contributed by atoms with Crippen LogP contribution in [0, 0.1) is 0 Å². The summed E-state index contributed by atoms with van der Waals surface area (Å²) in [6.07, 6.45) is 0. The highest BCUT2D eigenvalue weighted by Crippen LogP contribution is 2.38. The van der Waals surface area contributed by atoms with Crippen LogP contribution in [0.5, 0.6) is 17.2 Å². The number of hydrogen-bond donors (Lipinski definition) is 4. The molecule has 0 aromatic heterocycles. The van der Waals surface area contributed by atoms with Gasteiger partial charge in [-0.15, -0.1) is 0 Å². The van der Waals surface area contributed by atoms with Crippen LogP contribution in [-0.2, 0) is 0 Å². The minimum Gasteiger partial charge on any atom is -0.508 e. The maximum Gasteiger partial charge on any atom is 0.339 e. The highest BCUT2D eigenvalue weighted by molar-refractivity contribution is 5.91. The summed E-state index contributed by atoms with van der Waals surface area (Å²) in [5.74, 6) is -1.56. The maximum atomic E-state index is 11.7. The Balaban J connectivity index is 2.10. The molecular weight excluding hydrogens is 356 g/mol. The van der Waals surface area contributed by atoms with E-state index in [0.29, 0.717) is 5.56 Å². The lowest BCUT2D eigenvalue weighted by Crippen LogP contribution is -2.07. The van der Waals surface area contributed by atoms with E-state index < -0.39 is 5.97 Å². The van der Waals surface area contributed by atoms with Crippen molar-refractivity contribution in [3.8, 4) is 17.2 Å². The molecule has 144 valence electrons. The van der Waals surface area contributed by atoms with Gasteiger partial charge in [-0.2, -0.15) is 0 Å². The van der Waals surface area contributed by atoms with Gasteiger partial charge in [-0.05, 0) is 47.0 Å². The van der Waals surface area contributed by atoms with Gasteiger partial charge in [0, 0.05) is 17.4 Å². The topological polar surface area (TPSA) is 98.0 Å². The van der Waals surface area contributed by atoms with Gasteiger partial charge in [-0.3, -0.25) is 0 Å². The number of benzene rings is 3. The van der Waals surface area contributed by atoms with Gasteiger partial charge in [0.2, 0.25) is 0 Å². The van der Waals surface area contributed by atoms with Gasteiger partial charge in [-0.1, -0.05) is 44.2 Å². The summed E-state index contributed by atoms with van der Waals surface area (Å²) in [7, 11) is 0. The average molecular weight is 378 g/mol. The van der Waals surface area contributed by atoms with Crippen molar-refractivity contribution in [1.82, 2.24) is 0 Å². The van der Waals surface area contributed by atoms with Crippen molar-refractivity contribution in [3.63, 3.8) is 0 Å². The molecule has 5 nitrogen and oxygen atoms in total. The van der Waals surface area contributed by atoms with Crippen LogP contribution in [0.15, 0.2) is 60.7 Å². The van der Waals surface area contributed by atoms with E-state index in [1.165, 1.54) is 6.07 Å². The fourth-order valence-corrected chi connectivity index (χ4v) is 3.32. The SMILES string of the molecule is CC(c1ccc(O)cc1)c1cc(C(=O)O)c(O)c(C(C)c2ccc(O)cc2)c1. The van der Waals surface area contributed by atoms with Crippen molar-refractivity contribution in [2.75, 3.05) is 0 Å². The maximum absolute atomic E-state index is 11.7. The predicted molar refractivity (Wildman–Crippen MR) is 106 cm³/mol. The van der Waals surface area contributed by atoms with Crippen molar-refractivity contribution >= 4 is 5.97 Å². The van der Waals surface area contributed by atoms with E-state index in [1.807, 2.05) is 19.9 Å². The number of carboxylic acids is 1. The molecule has 0 radical (unpaired) electrons. The molecule has 0 saturated heterocycles. The van der Waals surface area contributed by atoms with Crippen LogP contribution in [0.2, 0.25) is 0 Å². The van der Waals surface area contributed by atoms with E-state index in [-0.39, 0.29) is 34.6 Å². The summed E-state index contributed by atoms with van der Waals surface area (Å²) < 4.78 is 0. The smallest absolute Gasteiger partial charge is 0.339 e. The summed E-state index contributed by atoms with van der Waals surface area (Å²) in [5, 5.41) is 39.2. The molecule has 3 aromatic rings. The lowest BCUT2D eigenvalue weighted by atomic mass is 9.85. The van der Waals surface area contributed by atoms with E-state index in [4.69, 9.17) is 0 Å². The summed E-state index contributed by atoms with van der Waals surface area (Å²) in [6.45, 7) is 3.82. The van der Waals surface area contributed by atoms with Gasteiger partial charge in [0.25, 0.3) is 0 Å². The van der Waals surface area contributed by atoms with E-state index in [2.05, 4.69) is 0 Å². The van der Waals surface area contributed by atoms with Crippen LogP contribution < -0.4 is 0 Å². The van der Waals surface area contributed by atoms with Crippen molar-refractivity contribution in [3.05, 3.63) is 88.5 Å². The first-order valence-electron chi connectivity index (χ1n) is 8.96. The van der Waals surface area contributed by atoms with Gasteiger partial charge in [-0.25, -0.2) is 4.79 Å². The second kappa shape index (κ2) is 7.64. The first kappa shape index (κ1) is 19.3. The highest BCUT2D eigenvalue weighted by Gasteiger charge is 2.22. The fourth-order valence-electron chi connectivity index (χ4n) is 3.32. The molecule has 0 bridgehead atoms. The van der Waals surface area contributed by atoms with Gasteiger partial charge in [0.15, 0.2) is 0 Å². The van der Waals surface area contributed by atoms with E-state index in [0.717, 1.165) is 16.7 Å². The number of carboxylic acid groups (broad SMARTS) is 1. The average Bonchev–Trinajstić information content (AvgIpc) is 2.68. The van der Waals surface area contributed by atoms with Crippen LogP contribution in [0.1, 0.15) is 58.3 Å². The zero-order chi connectivity index (χ0) is 20.4. The van der Waals surface area contributed by atoms with E-state index >= 15 is 0 Å². The quantitative estimate of drug-likeness (QED) is 0.511. The van der Waals surface area contributed by atoms with Crippen molar-refractivity contribution < 1.29 is 25.2 Å². The second-order valence-electron chi connectivity index (χ2n) is 6.94. The lowest BCUT2D eigenvalue weighted by Gasteiger charge is -2.20. The third-order valence-electron chi connectivity index (χ3n) is 5.14. The Morgan fingerprint density at radius 2 is 1.18 bits per heavy atom. The molecule has 0 spiro atoms. The minimum atomic E-state index is -1.20. The molecule has 0 fully saturated rings. The van der Waals surface area contributed by atoms with Crippen molar-refractivity contribution in [1.29, 1.82) is 0 Å². The molecule has 3 aromatic carbocycles. The second-order valence-corrected chi connectivity index (χ2v) is 6.94. The summed E-state index contributed by atoms with van der Waals surface area (Å²) in [5.41, 5.74) is 2.87. The zero-order valence-electron chi connectivity index (χ0n) is 15.6. The fraction of sp³-hybridized carbons (Fsp3) is 0.174. The third-order valence-corrected chi connectivity index (χ3v) is 5.14. The van der Waals surface area contributed by atoms with Crippen LogP contribution in [0.25, 0.3) is 0 Å². The molecule has 3 rings (SSSR count). The Morgan fingerprint density at radius 3 is 1.64 bits per heavy atom. The predicted octanol–water partition coefficient (Wildman–Crippen LogP) is 4.81. The summed E-state index contributed by atoms with van der Waals surface area (Å²) in [6, 6.07) is 16.7. The van der Waals surface area contributed by atoms with Crippen molar-refractivity contribution in [2.24, 2.45) is 0 Å². The Hall–Kier alpha value is -3.47. The standard InChI is InChI=1S/C23H22O5/c1-13(15-3-7-18(24)8-4-15)17-11-20(22(26)21(12-17)23(27)28)14(2)16-5-9-19(25)10-6-16/h3-14,24-26H,1-2H3,(H,27,28). The summed E-state index contributed by atoms with van der Waals surface area (Å²) in [4.78, 5) is 11.7. The van der Waals surface area contributed by atoms with Gasteiger partial charge < -0.3 is 20.4 Å². The van der Waals surface area contributed by atoms with Crippen LogP contribution in [0.4, 0.5) is 0 Å². The van der Waals surface area contributed by atoms with Crippen LogP contribution >= 0.6 is 0 Å². The van der Waals surface area contributed by atoms with Gasteiger partial charge in [0.05, 0.1) is 0 Å². The molecule has 0 saturated carbocycles. The highest BCUT2D eigenvalue weighted by atomic mass is 16.4. The number of carbonyl (C=O) groups is 1. The lowest BCUT2D eigenvalue weighted by molar-refractivity contribution is 0.0693. The molecular formula is C23H22O5. The van der Waals surface area contributed by atoms with E-state index in [9.17, 15) is 25.2 Å².